The average Bonchev–Trinajstić information content (AvgIpc) is 2.81. The highest BCUT2D eigenvalue weighted by atomic mass is 19.1. The van der Waals surface area contributed by atoms with Crippen LogP contribution in [0.1, 0.15) is 94.0 Å². The van der Waals surface area contributed by atoms with Crippen LogP contribution >= 0.6 is 0 Å². The van der Waals surface area contributed by atoms with Gasteiger partial charge >= 0.3 is 0 Å². The number of halogens is 1. The van der Waals surface area contributed by atoms with Crippen LogP contribution in [-0.2, 0) is 6.42 Å². The number of unbranched alkanes of at least 4 members (excludes halogenated alkanes) is 5. The minimum absolute atomic E-state index is 0.227. The number of ether oxygens (including phenoxy) is 1. The number of rotatable bonds is 11. The van der Waals surface area contributed by atoms with Gasteiger partial charge in [0.15, 0.2) is 11.6 Å². The summed E-state index contributed by atoms with van der Waals surface area (Å²) >= 11 is 0. The van der Waals surface area contributed by atoms with Gasteiger partial charge < -0.3 is 4.74 Å². The van der Waals surface area contributed by atoms with Crippen molar-refractivity contribution in [2.75, 3.05) is 6.61 Å². The number of aryl methyl sites for hydroxylation is 1. The third kappa shape index (κ3) is 7.31. The first-order chi connectivity index (χ1) is 15.2. The lowest BCUT2D eigenvalue weighted by molar-refractivity contribution is 0.192. The first-order valence-electron chi connectivity index (χ1n) is 11.8. The highest BCUT2D eigenvalue weighted by Crippen LogP contribution is 2.34. The van der Waals surface area contributed by atoms with Gasteiger partial charge in [-0.3, -0.25) is 0 Å². The molecule has 0 N–H and O–H groups in total. The minimum atomic E-state index is -0.470. The van der Waals surface area contributed by atoms with Crippen molar-refractivity contribution in [3.63, 3.8) is 0 Å². The number of hydrogen-bond donors (Lipinski definition) is 0. The van der Waals surface area contributed by atoms with Gasteiger partial charge in [-0.25, -0.2) is 14.4 Å². The van der Waals surface area contributed by atoms with E-state index in [1.165, 1.54) is 50.2 Å². The molecule has 0 radical (unpaired) electrons. The van der Waals surface area contributed by atoms with E-state index in [2.05, 4.69) is 16.9 Å². The van der Waals surface area contributed by atoms with E-state index in [0.29, 0.717) is 24.0 Å². The molecular weight excluding hydrogens is 389 g/mol. The molecule has 3 rings (SSSR count). The van der Waals surface area contributed by atoms with Crippen LogP contribution in [0.4, 0.5) is 4.39 Å². The maximum absolute atomic E-state index is 14.0. The van der Waals surface area contributed by atoms with Gasteiger partial charge in [0.1, 0.15) is 5.82 Å². The van der Waals surface area contributed by atoms with Gasteiger partial charge in [-0.2, -0.15) is 5.26 Å². The SMILES string of the molecule is CCCCCCCCc1cnc([C@H]2CC[C@H](COc3ccc(C#N)cc3F)CC2)nc1. The van der Waals surface area contributed by atoms with Crippen molar-refractivity contribution >= 4 is 0 Å². The molecular formula is C26H34FN3O. The quantitative estimate of drug-likeness (QED) is 0.375. The van der Waals surface area contributed by atoms with Gasteiger partial charge in [0.25, 0.3) is 0 Å². The second-order valence-corrected chi connectivity index (χ2v) is 8.75. The van der Waals surface area contributed by atoms with Crippen molar-refractivity contribution in [2.24, 2.45) is 5.92 Å². The fourth-order valence-electron chi connectivity index (χ4n) is 4.30. The standard InChI is InChI=1S/C26H34FN3O/c1-2-3-4-5-6-7-8-22-17-29-26(30-18-22)23-12-9-20(10-13-23)19-31-25-14-11-21(16-28)15-24(25)27/h11,14-15,17-18,20,23H,2-10,12-13,19H2,1H3/t20-,23-. The molecule has 0 amide bonds. The summed E-state index contributed by atoms with van der Waals surface area (Å²) in [5.74, 6) is 1.54. The fourth-order valence-corrected chi connectivity index (χ4v) is 4.30. The Bertz CT molecular complexity index is 839. The molecule has 1 saturated carbocycles. The largest absolute Gasteiger partial charge is 0.490 e. The fraction of sp³-hybridized carbons (Fsp3) is 0.577. The summed E-state index contributed by atoms with van der Waals surface area (Å²) in [7, 11) is 0. The maximum atomic E-state index is 14.0. The molecule has 0 spiro atoms. The van der Waals surface area contributed by atoms with Crippen LogP contribution in [0.15, 0.2) is 30.6 Å². The van der Waals surface area contributed by atoms with E-state index in [1.54, 1.807) is 12.1 Å². The monoisotopic (exact) mass is 423 g/mol. The molecule has 1 heterocycles. The third-order valence-electron chi connectivity index (χ3n) is 6.29. The van der Waals surface area contributed by atoms with E-state index in [9.17, 15) is 4.39 Å². The van der Waals surface area contributed by atoms with Gasteiger partial charge in [-0.15, -0.1) is 0 Å². The molecule has 5 heteroatoms. The Morgan fingerprint density at radius 1 is 1.03 bits per heavy atom. The van der Waals surface area contributed by atoms with E-state index in [4.69, 9.17) is 10.00 Å². The zero-order chi connectivity index (χ0) is 21.9. The molecule has 2 aromatic rings. The number of aromatic nitrogens is 2. The normalized spacial score (nSPS) is 18.5. The van der Waals surface area contributed by atoms with Crippen LogP contribution in [0, 0.1) is 23.1 Å². The Balaban J connectivity index is 1.38. The topological polar surface area (TPSA) is 58.8 Å². The van der Waals surface area contributed by atoms with E-state index in [0.717, 1.165) is 37.9 Å². The lowest BCUT2D eigenvalue weighted by atomic mass is 9.82. The zero-order valence-electron chi connectivity index (χ0n) is 18.7. The van der Waals surface area contributed by atoms with Crippen LogP contribution in [-0.4, -0.2) is 16.6 Å². The van der Waals surface area contributed by atoms with Gasteiger partial charge in [0.2, 0.25) is 0 Å². The molecule has 1 aliphatic carbocycles. The Morgan fingerprint density at radius 2 is 1.74 bits per heavy atom. The molecule has 0 unspecified atom stereocenters. The molecule has 0 atom stereocenters. The van der Waals surface area contributed by atoms with Gasteiger partial charge in [-0.1, -0.05) is 39.0 Å². The molecule has 1 aromatic carbocycles. The number of nitrogens with zero attached hydrogens (tertiary/aromatic N) is 3. The van der Waals surface area contributed by atoms with Gasteiger partial charge in [0, 0.05) is 18.3 Å². The summed E-state index contributed by atoms with van der Waals surface area (Å²) in [6.07, 6.45) is 17.1. The highest BCUT2D eigenvalue weighted by Gasteiger charge is 2.25. The summed E-state index contributed by atoms with van der Waals surface area (Å²) in [5.41, 5.74) is 1.55. The van der Waals surface area contributed by atoms with Crippen molar-refractivity contribution in [3.05, 3.63) is 53.4 Å². The molecule has 4 nitrogen and oxygen atoms in total. The lowest BCUT2D eigenvalue weighted by Crippen LogP contribution is -2.20. The van der Waals surface area contributed by atoms with Crippen LogP contribution in [0.3, 0.4) is 0 Å². The third-order valence-corrected chi connectivity index (χ3v) is 6.29. The van der Waals surface area contributed by atoms with E-state index in [1.807, 2.05) is 18.5 Å². The second-order valence-electron chi connectivity index (χ2n) is 8.75. The molecule has 31 heavy (non-hydrogen) atoms. The van der Waals surface area contributed by atoms with Crippen LogP contribution < -0.4 is 4.74 Å². The molecule has 1 fully saturated rings. The summed E-state index contributed by atoms with van der Waals surface area (Å²) in [4.78, 5) is 9.32. The van der Waals surface area contributed by atoms with Crippen molar-refractivity contribution < 1.29 is 9.13 Å². The predicted octanol–water partition coefficient (Wildman–Crippen LogP) is 6.74. The number of hydrogen-bond acceptors (Lipinski definition) is 4. The van der Waals surface area contributed by atoms with Gasteiger partial charge in [0.05, 0.1) is 18.2 Å². The highest BCUT2D eigenvalue weighted by molar-refractivity contribution is 5.36. The summed E-state index contributed by atoms with van der Waals surface area (Å²) in [6, 6.07) is 6.29. The van der Waals surface area contributed by atoms with Crippen LogP contribution in [0.2, 0.25) is 0 Å². The Morgan fingerprint density at radius 3 is 2.42 bits per heavy atom. The first-order valence-corrected chi connectivity index (χ1v) is 11.8. The summed E-state index contributed by atoms with van der Waals surface area (Å²) in [5, 5.41) is 8.83. The molecule has 0 aliphatic heterocycles. The van der Waals surface area contributed by atoms with Crippen molar-refractivity contribution in [3.8, 4) is 11.8 Å². The average molecular weight is 424 g/mol. The van der Waals surface area contributed by atoms with Crippen LogP contribution in [0.25, 0.3) is 0 Å². The minimum Gasteiger partial charge on any atom is -0.490 e. The molecule has 0 saturated heterocycles. The molecule has 1 aromatic heterocycles. The molecule has 166 valence electrons. The Hall–Kier alpha value is -2.48. The van der Waals surface area contributed by atoms with Gasteiger partial charge in [-0.05, 0) is 68.2 Å². The summed E-state index contributed by atoms with van der Waals surface area (Å²) in [6.45, 7) is 2.76. The Labute approximate surface area is 185 Å². The van der Waals surface area contributed by atoms with Crippen molar-refractivity contribution in [2.45, 2.75) is 83.5 Å². The number of benzene rings is 1. The second kappa shape index (κ2) is 12.4. The van der Waals surface area contributed by atoms with E-state index in [-0.39, 0.29) is 5.75 Å². The van der Waals surface area contributed by atoms with E-state index >= 15 is 0 Å². The smallest absolute Gasteiger partial charge is 0.166 e. The first kappa shape index (κ1) is 23.2. The summed E-state index contributed by atoms with van der Waals surface area (Å²) < 4.78 is 19.6. The van der Waals surface area contributed by atoms with Crippen molar-refractivity contribution in [1.29, 1.82) is 5.26 Å². The van der Waals surface area contributed by atoms with Crippen molar-refractivity contribution in [1.82, 2.24) is 9.97 Å². The maximum Gasteiger partial charge on any atom is 0.166 e. The lowest BCUT2D eigenvalue weighted by Gasteiger charge is -2.27. The number of nitriles is 1. The predicted molar refractivity (Wildman–Crippen MR) is 120 cm³/mol. The Kier molecular flexibility index (Phi) is 9.27. The molecule has 1 aliphatic rings. The molecule has 0 bridgehead atoms. The zero-order valence-corrected chi connectivity index (χ0v) is 18.7. The van der Waals surface area contributed by atoms with Crippen LogP contribution in [0.5, 0.6) is 5.75 Å². The van der Waals surface area contributed by atoms with E-state index < -0.39 is 5.82 Å².